The van der Waals surface area contributed by atoms with Crippen LogP contribution in [0.15, 0.2) is 12.1 Å². The maximum atomic E-state index is 11.3. The molecule has 5 nitrogen and oxygen atoms in total. The van der Waals surface area contributed by atoms with Crippen LogP contribution in [0, 0.1) is 22.5 Å². The summed E-state index contributed by atoms with van der Waals surface area (Å²) in [5.41, 5.74) is 1.90. The Kier molecular flexibility index (Phi) is 3.36. The second-order valence-electron chi connectivity index (χ2n) is 6.58. The van der Waals surface area contributed by atoms with Crippen molar-refractivity contribution in [3.8, 4) is 0 Å². The van der Waals surface area contributed by atoms with Gasteiger partial charge in [-0.2, -0.15) is 0 Å². The van der Waals surface area contributed by atoms with Crippen molar-refractivity contribution < 1.29 is 4.92 Å². The van der Waals surface area contributed by atoms with Crippen LogP contribution in [0.25, 0.3) is 10.2 Å². The van der Waals surface area contributed by atoms with Crippen LogP contribution in [0.4, 0.5) is 11.4 Å². The Hall–Kier alpha value is -1.69. The third-order valence-corrected chi connectivity index (χ3v) is 5.07. The minimum absolute atomic E-state index is 0.149. The van der Waals surface area contributed by atoms with E-state index < -0.39 is 0 Å². The number of nitro benzene ring substituents is 1. The highest BCUT2D eigenvalue weighted by Gasteiger charge is 2.32. The molecule has 1 N–H and O–H groups in total. The number of thiazole rings is 1. The number of benzene rings is 1. The van der Waals surface area contributed by atoms with E-state index in [1.54, 1.807) is 6.07 Å². The third kappa shape index (κ3) is 2.85. The van der Waals surface area contributed by atoms with Crippen molar-refractivity contribution in [2.45, 2.75) is 46.1 Å². The Morgan fingerprint density at radius 2 is 2.24 bits per heavy atom. The van der Waals surface area contributed by atoms with E-state index in [0.717, 1.165) is 34.5 Å². The topological polar surface area (TPSA) is 68.1 Å². The van der Waals surface area contributed by atoms with Gasteiger partial charge in [-0.05, 0) is 37.7 Å². The number of nitrogens with zero attached hydrogens (tertiary/aromatic N) is 2. The lowest BCUT2D eigenvalue weighted by Crippen LogP contribution is -2.18. The van der Waals surface area contributed by atoms with Gasteiger partial charge in [0, 0.05) is 12.1 Å². The molecule has 3 rings (SSSR count). The largest absolute Gasteiger partial charge is 0.377 e. The first-order valence-electron chi connectivity index (χ1n) is 7.16. The summed E-state index contributed by atoms with van der Waals surface area (Å²) >= 11 is 1.49. The molecular formula is C15H19N3O2S. The molecule has 21 heavy (non-hydrogen) atoms. The average molecular weight is 305 g/mol. The molecule has 0 saturated heterocycles. The number of rotatable bonds is 3. The highest BCUT2D eigenvalue weighted by molar-refractivity contribution is 7.18. The van der Waals surface area contributed by atoms with Crippen molar-refractivity contribution in [2.24, 2.45) is 5.41 Å². The number of anilines is 1. The van der Waals surface area contributed by atoms with Gasteiger partial charge in [-0.25, -0.2) is 4.98 Å². The maximum absolute atomic E-state index is 11.3. The summed E-state index contributed by atoms with van der Waals surface area (Å²) in [7, 11) is 0. The van der Waals surface area contributed by atoms with Crippen LogP contribution >= 0.6 is 11.3 Å². The van der Waals surface area contributed by atoms with Crippen LogP contribution in [-0.2, 0) is 0 Å². The molecule has 1 unspecified atom stereocenters. The molecular weight excluding hydrogens is 286 g/mol. The molecule has 1 fully saturated rings. The summed E-state index contributed by atoms with van der Waals surface area (Å²) in [5, 5.41) is 15.6. The van der Waals surface area contributed by atoms with Crippen molar-refractivity contribution >= 4 is 32.9 Å². The smallest absolute Gasteiger partial charge is 0.293 e. The molecule has 1 heterocycles. The van der Waals surface area contributed by atoms with Gasteiger partial charge in [0.05, 0.1) is 20.1 Å². The summed E-state index contributed by atoms with van der Waals surface area (Å²) in [6.07, 6.45) is 3.24. The molecule has 0 aliphatic heterocycles. The highest BCUT2D eigenvalue weighted by atomic mass is 32.1. The second-order valence-corrected chi connectivity index (χ2v) is 7.81. The van der Waals surface area contributed by atoms with Crippen LogP contribution in [0.5, 0.6) is 0 Å². The number of aryl methyl sites for hydroxylation is 1. The zero-order chi connectivity index (χ0) is 15.2. The van der Waals surface area contributed by atoms with E-state index in [9.17, 15) is 10.1 Å². The zero-order valence-electron chi connectivity index (χ0n) is 12.5. The number of fused-ring (bicyclic) bond motifs is 1. The van der Waals surface area contributed by atoms with Gasteiger partial charge in [-0.3, -0.25) is 10.1 Å². The minimum Gasteiger partial charge on any atom is -0.377 e. The molecule has 2 aromatic rings. The van der Waals surface area contributed by atoms with Gasteiger partial charge in [0.25, 0.3) is 5.69 Å². The molecule has 1 aliphatic rings. The molecule has 0 spiro atoms. The molecule has 1 atom stereocenters. The number of hydrogen-bond donors (Lipinski definition) is 1. The van der Waals surface area contributed by atoms with Crippen molar-refractivity contribution in [3.63, 3.8) is 0 Å². The molecule has 112 valence electrons. The van der Waals surface area contributed by atoms with Gasteiger partial charge in [0.15, 0.2) is 0 Å². The Labute approximate surface area is 127 Å². The van der Waals surface area contributed by atoms with E-state index in [1.807, 2.05) is 13.0 Å². The Bertz CT molecular complexity index is 708. The molecule has 0 bridgehead atoms. The summed E-state index contributed by atoms with van der Waals surface area (Å²) in [6.45, 7) is 6.41. The first-order valence-corrected chi connectivity index (χ1v) is 7.98. The van der Waals surface area contributed by atoms with Crippen LogP contribution < -0.4 is 5.32 Å². The van der Waals surface area contributed by atoms with Crippen molar-refractivity contribution in [1.29, 1.82) is 0 Å². The van der Waals surface area contributed by atoms with Crippen molar-refractivity contribution in [3.05, 3.63) is 27.3 Å². The quantitative estimate of drug-likeness (QED) is 0.669. The van der Waals surface area contributed by atoms with Gasteiger partial charge in [0.1, 0.15) is 5.69 Å². The van der Waals surface area contributed by atoms with Crippen molar-refractivity contribution in [1.82, 2.24) is 4.98 Å². The molecule has 1 saturated carbocycles. The van der Waals surface area contributed by atoms with Gasteiger partial charge < -0.3 is 5.32 Å². The fourth-order valence-electron chi connectivity index (χ4n) is 3.12. The van der Waals surface area contributed by atoms with Gasteiger partial charge >= 0.3 is 0 Å². The standard InChI is InChI=1S/C15H19N3O2S/c1-9-16-12-6-11(13(18(19)20)7-14(12)21-9)17-10-4-5-15(2,3)8-10/h6-7,10,17H,4-5,8H2,1-3H3. The van der Waals surface area contributed by atoms with Gasteiger partial charge in [-0.1, -0.05) is 13.8 Å². The van der Waals surface area contributed by atoms with Gasteiger partial charge in [-0.15, -0.1) is 11.3 Å². The number of aromatic nitrogens is 1. The van der Waals surface area contributed by atoms with E-state index >= 15 is 0 Å². The van der Waals surface area contributed by atoms with E-state index in [2.05, 4.69) is 24.1 Å². The normalized spacial score (nSPS) is 20.8. The molecule has 0 radical (unpaired) electrons. The molecule has 0 amide bonds. The summed E-state index contributed by atoms with van der Waals surface area (Å²) in [6, 6.07) is 3.76. The number of hydrogen-bond acceptors (Lipinski definition) is 5. The molecule has 6 heteroatoms. The van der Waals surface area contributed by atoms with Crippen LogP contribution in [0.1, 0.15) is 38.1 Å². The zero-order valence-corrected chi connectivity index (χ0v) is 13.3. The Morgan fingerprint density at radius 1 is 1.48 bits per heavy atom. The second kappa shape index (κ2) is 4.94. The fourth-order valence-corrected chi connectivity index (χ4v) is 3.97. The number of nitrogens with one attached hydrogen (secondary N) is 1. The van der Waals surface area contributed by atoms with Gasteiger partial charge in [0.2, 0.25) is 0 Å². The summed E-state index contributed by atoms with van der Waals surface area (Å²) in [5.74, 6) is 0. The van der Waals surface area contributed by atoms with E-state index in [0.29, 0.717) is 17.1 Å². The van der Waals surface area contributed by atoms with E-state index in [-0.39, 0.29) is 10.6 Å². The third-order valence-electron chi connectivity index (χ3n) is 4.14. The summed E-state index contributed by atoms with van der Waals surface area (Å²) < 4.78 is 0.872. The van der Waals surface area contributed by atoms with Crippen LogP contribution in [0.3, 0.4) is 0 Å². The molecule has 1 aromatic heterocycles. The lowest BCUT2D eigenvalue weighted by molar-refractivity contribution is -0.383. The predicted molar refractivity (Wildman–Crippen MR) is 86.1 cm³/mol. The van der Waals surface area contributed by atoms with Crippen LogP contribution in [-0.4, -0.2) is 15.9 Å². The fraction of sp³-hybridized carbons (Fsp3) is 0.533. The molecule has 1 aliphatic carbocycles. The van der Waals surface area contributed by atoms with Crippen molar-refractivity contribution in [2.75, 3.05) is 5.32 Å². The first-order chi connectivity index (χ1) is 9.84. The maximum Gasteiger partial charge on any atom is 0.293 e. The molecule has 1 aromatic carbocycles. The first kappa shape index (κ1) is 14.3. The summed E-state index contributed by atoms with van der Waals surface area (Å²) in [4.78, 5) is 15.4. The van der Waals surface area contributed by atoms with E-state index in [1.165, 1.54) is 11.3 Å². The lowest BCUT2D eigenvalue weighted by atomic mass is 9.92. The number of nitro groups is 1. The minimum atomic E-state index is -0.309. The average Bonchev–Trinajstić information content (AvgIpc) is 2.89. The Morgan fingerprint density at radius 3 is 2.86 bits per heavy atom. The predicted octanol–water partition coefficient (Wildman–Crippen LogP) is 4.50. The SMILES string of the molecule is Cc1nc2cc(NC3CCC(C)(C)C3)c([N+](=O)[O-])cc2s1. The van der Waals surface area contributed by atoms with Crippen LogP contribution in [0.2, 0.25) is 0 Å². The highest BCUT2D eigenvalue weighted by Crippen LogP contribution is 2.40. The van der Waals surface area contributed by atoms with E-state index in [4.69, 9.17) is 0 Å². The Balaban J connectivity index is 1.96. The lowest BCUT2D eigenvalue weighted by Gasteiger charge is -2.18. The monoisotopic (exact) mass is 305 g/mol.